The first-order valence-electron chi connectivity index (χ1n) is 6.77. The third-order valence-corrected chi connectivity index (χ3v) is 3.29. The molecule has 0 aliphatic carbocycles. The van der Waals surface area contributed by atoms with Gasteiger partial charge in [-0.25, -0.2) is 0 Å². The number of hydrogen-bond acceptors (Lipinski definition) is 8. The number of ether oxygens (including phenoxy) is 5. The second-order valence-corrected chi connectivity index (χ2v) is 5.60. The van der Waals surface area contributed by atoms with Crippen molar-refractivity contribution in [2.75, 3.05) is 6.61 Å². The molecule has 21 heavy (non-hydrogen) atoms. The molecule has 2 aliphatic heterocycles. The van der Waals surface area contributed by atoms with E-state index in [9.17, 15) is 9.59 Å². The van der Waals surface area contributed by atoms with Gasteiger partial charge in [-0.15, -0.1) is 0 Å². The van der Waals surface area contributed by atoms with Crippen LogP contribution in [-0.4, -0.2) is 55.0 Å². The Balaban J connectivity index is 2.20. The Kier molecular flexibility index (Phi) is 4.52. The minimum absolute atomic E-state index is 0.222. The Labute approximate surface area is 122 Å². The second kappa shape index (κ2) is 5.88. The third-order valence-electron chi connectivity index (χ3n) is 3.29. The Morgan fingerprint density at radius 1 is 1.19 bits per heavy atom. The van der Waals surface area contributed by atoms with E-state index >= 15 is 0 Å². The van der Waals surface area contributed by atoms with Gasteiger partial charge in [-0.1, -0.05) is 0 Å². The highest BCUT2D eigenvalue weighted by molar-refractivity contribution is 5.67. The highest BCUT2D eigenvalue weighted by Crippen LogP contribution is 2.33. The quantitative estimate of drug-likeness (QED) is 0.692. The van der Waals surface area contributed by atoms with Crippen LogP contribution in [0, 0.1) is 0 Å². The highest BCUT2D eigenvalue weighted by atomic mass is 16.8. The first-order chi connectivity index (χ1) is 9.69. The summed E-state index contributed by atoms with van der Waals surface area (Å²) in [4.78, 5) is 22.4. The topological polar surface area (TPSA) is 106 Å². The van der Waals surface area contributed by atoms with Crippen molar-refractivity contribution in [2.24, 2.45) is 5.73 Å². The van der Waals surface area contributed by atoms with Crippen LogP contribution in [0.15, 0.2) is 0 Å². The molecule has 0 aromatic rings. The van der Waals surface area contributed by atoms with Crippen LogP contribution in [0.2, 0.25) is 0 Å². The van der Waals surface area contributed by atoms with Gasteiger partial charge in [0.25, 0.3) is 0 Å². The molecular weight excluding hydrogens is 282 g/mol. The van der Waals surface area contributed by atoms with Crippen molar-refractivity contribution in [3.63, 3.8) is 0 Å². The van der Waals surface area contributed by atoms with Gasteiger partial charge in [-0.2, -0.15) is 0 Å². The van der Waals surface area contributed by atoms with Crippen LogP contribution in [0.5, 0.6) is 0 Å². The van der Waals surface area contributed by atoms with Crippen LogP contribution in [0.3, 0.4) is 0 Å². The number of carbonyl (C=O) groups excluding carboxylic acids is 2. The monoisotopic (exact) mass is 303 g/mol. The average molecular weight is 303 g/mol. The molecule has 2 saturated heterocycles. The zero-order chi connectivity index (χ0) is 15.8. The van der Waals surface area contributed by atoms with Crippen molar-refractivity contribution in [3.05, 3.63) is 0 Å². The van der Waals surface area contributed by atoms with Crippen molar-refractivity contribution < 1.29 is 33.3 Å². The van der Waals surface area contributed by atoms with E-state index in [1.165, 1.54) is 13.8 Å². The fourth-order valence-electron chi connectivity index (χ4n) is 2.45. The van der Waals surface area contributed by atoms with Gasteiger partial charge in [0.2, 0.25) is 6.29 Å². The van der Waals surface area contributed by atoms with E-state index in [2.05, 4.69) is 0 Å². The molecule has 8 heteroatoms. The van der Waals surface area contributed by atoms with Crippen molar-refractivity contribution >= 4 is 11.9 Å². The van der Waals surface area contributed by atoms with Gasteiger partial charge in [0.05, 0.1) is 6.61 Å². The largest absolute Gasteiger partial charge is 0.458 e. The number of rotatable bonds is 2. The number of fused-ring (bicyclic) bond motifs is 1. The first-order valence-corrected chi connectivity index (χ1v) is 6.77. The van der Waals surface area contributed by atoms with Crippen molar-refractivity contribution in [3.8, 4) is 0 Å². The summed E-state index contributed by atoms with van der Waals surface area (Å²) in [6.45, 7) is 6.25. The van der Waals surface area contributed by atoms with Gasteiger partial charge in [-0.05, 0) is 13.8 Å². The van der Waals surface area contributed by atoms with Gasteiger partial charge in [0.1, 0.15) is 18.2 Å². The lowest BCUT2D eigenvalue weighted by atomic mass is 9.96. The fourth-order valence-corrected chi connectivity index (χ4v) is 2.45. The molecule has 0 radical (unpaired) electrons. The highest BCUT2D eigenvalue weighted by Gasteiger charge is 2.52. The lowest BCUT2D eigenvalue weighted by Crippen LogP contribution is -2.68. The van der Waals surface area contributed by atoms with Gasteiger partial charge >= 0.3 is 11.9 Å². The summed E-state index contributed by atoms with van der Waals surface area (Å²) < 4.78 is 27.2. The number of hydrogen-bond donors (Lipinski definition) is 1. The molecule has 0 bridgehead atoms. The summed E-state index contributed by atoms with van der Waals surface area (Å²) >= 11 is 0. The fraction of sp³-hybridized carbons (Fsp3) is 0.846. The Hall–Kier alpha value is -1.22. The predicted molar refractivity (Wildman–Crippen MR) is 68.9 cm³/mol. The van der Waals surface area contributed by atoms with Gasteiger partial charge in [0, 0.05) is 13.8 Å². The summed E-state index contributed by atoms with van der Waals surface area (Å²) in [5, 5.41) is 0. The van der Waals surface area contributed by atoms with Gasteiger partial charge < -0.3 is 29.4 Å². The van der Waals surface area contributed by atoms with Crippen LogP contribution >= 0.6 is 0 Å². The molecule has 8 nitrogen and oxygen atoms in total. The molecule has 5 atom stereocenters. The molecule has 2 rings (SSSR count). The van der Waals surface area contributed by atoms with Gasteiger partial charge in [-0.3, -0.25) is 9.59 Å². The summed E-state index contributed by atoms with van der Waals surface area (Å²) in [6.07, 6.45) is -2.92. The van der Waals surface area contributed by atoms with E-state index in [-0.39, 0.29) is 6.61 Å². The lowest BCUT2D eigenvalue weighted by Gasteiger charge is -2.49. The van der Waals surface area contributed by atoms with Crippen LogP contribution in [0.1, 0.15) is 27.7 Å². The minimum Gasteiger partial charge on any atom is -0.458 e. The third kappa shape index (κ3) is 3.70. The SMILES string of the molecule is CC(=O)OC1C(N)[C@H](OC(C)=O)OC2COC(C)(C)O[C@H]21. The average Bonchev–Trinajstić information content (AvgIpc) is 2.34. The first kappa shape index (κ1) is 16.2. The summed E-state index contributed by atoms with van der Waals surface area (Å²) in [7, 11) is 0. The predicted octanol–water partition coefficient (Wildman–Crippen LogP) is -0.315. The Morgan fingerprint density at radius 2 is 1.81 bits per heavy atom. The molecular formula is C13H21NO7. The normalized spacial score (nSPS) is 38.2. The van der Waals surface area contributed by atoms with Gasteiger partial charge in [0.15, 0.2) is 11.9 Å². The van der Waals surface area contributed by atoms with Crippen molar-refractivity contribution in [1.29, 1.82) is 0 Å². The molecule has 2 heterocycles. The molecule has 2 aliphatic rings. The maximum Gasteiger partial charge on any atom is 0.304 e. The number of carbonyl (C=O) groups is 2. The van der Waals surface area contributed by atoms with Crippen LogP contribution in [0.25, 0.3) is 0 Å². The molecule has 3 unspecified atom stereocenters. The van der Waals surface area contributed by atoms with E-state index in [1.54, 1.807) is 13.8 Å². The standard InChI is InChI=1S/C13H21NO7/c1-6(15)18-11-9(14)12(19-7(2)16)20-8-5-17-13(3,4)21-10(8)11/h8-12H,5,14H2,1-4H3/t8?,9?,10-,11?,12-/m1/s1. The lowest BCUT2D eigenvalue weighted by molar-refractivity contribution is -0.363. The number of esters is 2. The van der Waals surface area contributed by atoms with E-state index in [0.29, 0.717) is 0 Å². The van der Waals surface area contributed by atoms with Crippen molar-refractivity contribution in [1.82, 2.24) is 0 Å². The zero-order valence-corrected chi connectivity index (χ0v) is 12.5. The number of nitrogens with two attached hydrogens (primary N) is 1. The molecule has 0 aromatic carbocycles. The minimum atomic E-state index is -1.01. The van der Waals surface area contributed by atoms with Crippen LogP contribution < -0.4 is 5.73 Å². The molecule has 120 valence electrons. The molecule has 0 aromatic heterocycles. The molecule has 0 amide bonds. The maximum atomic E-state index is 11.3. The smallest absolute Gasteiger partial charge is 0.304 e. The second-order valence-electron chi connectivity index (χ2n) is 5.60. The Morgan fingerprint density at radius 3 is 2.38 bits per heavy atom. The van der Waals surface area contributed by atoms with E-state index in [4.69, 9.17) is 29.4 Å². The maximum absolute atomic E-state index is 11.3. The molecule has 0 spiro atoms. The summed E-state index contributed by atoms with van der Waals surface area (Å²) in [5.74, 6) is -1.87. The van der Waals surface area contributed by atoms with E-state index in [0.717, 1.165) is 0 Å². The molecule has 2 fully saturated rings. The summed E-state index contributed by atoms with van der Waals surface area (Å²) in [5.41, 5.74) is 6.02. The molecule has 2 N–H and O–H groups in total. The molecule has 0 saturated carbocycles. The van der Waals surface area contributed by atoms with E-state index in [1.807, 2.05) is 0 Å². The Bertz CT molecular complexity index is 425. The van der Waals surface area contributed by atoms with Crippen LogP contribution in [0.4, 0.5) is 0 Å². The van der Waals surface area contributed by atoms with Crippen molar-refractivity contribution in [2.45, 2.75) is 64.1 Å². The van der Waals surface area contributed by atoms with Crippen LogP contribution in [-0.2, 0) is 33.3 Å². The summed E-state index contributed by atoms with van der Waals surface area (Å²) in [6, 6.07) is -0.840. The zero-order valence-electron chi connectivity index (χ0n) is 12.5. The van der Waals surface area contributed by atoms with E-state index < -0.39 is 48.4 Å².